The Labute approximate surface area is 103 Å². The summed E-state index contributed by atoms with van der Waals surface area (Å²) in [6, 6.07) is 6.11. The van der Waals surface area contributed by atoms with Gasteiger partial charge in [-0.25, -0.2) is 4.98 Å². The second kappa shape index (κ2) is 4.29. The van der Waals surface area contributed by atoms with Gasteiger partial charge in [-0.05, 0) is 46.6 Å². The van der Waals surface area contributed by atoms with Crippen LogP contribution in [-0.2, 0) is 7.05 Å². The molecule has 0 aliphatic heterocycles. The number of benzene rings is 1. The molecule has 0 amide bonds. The number of imidazole rings is 1. The predicted molar refractivity (Wildman–Crippen MR) is 67.6 cm³/mol. The summed E-state index contributed by atoms with van der Waals surface area (Å²) < 4.78 is 8.10. The monoisotopic (exact) mass is 280 g/mol. The van der Waals surface area contributed by atoms with Crippen molar-refractivity contribution in [3.05, 3.63) is 34.7 Å². The van der Waals surface area contributed by atoms with Gasteiger partial charge in [-0.3, -0.25) is 0 Å². The van der Waals surface area contributed by atoms with Crippen LogP contribution in [0.1, 0.15) is 5.56 Å². The lowest BCUT2D eigenvalue weighted by atomic mass is 10.1. The van der Waals surface area contributed by atoms with Gasteiger partial charge in [-0.1, -0.05) is 0 Å². The third-order valence-electron chi connectivity index (χ3n) is 2.56. The van der Waals surface area contributed by atoms with E-state index in [1.165, 1.54) is 0 Å². The number of methoxy groups -OCH3 is 1. The molecule has 0 radical (unpaired) electrons. The van der Waals surface area contributed by atoms with E-state index < -0.39 is 0 Å². The molecule has 4 heteroatoms. The van der Waals surface area contributed by atoms with E-state index in [1.54, 1.807) is 13.4 Å². The topological polar surface area (TPSA) is 27.1 Å². The number of hydrogen-bond donors (Lipinski definition) is 0. The van der Waals surface area contributed by atoms with E-state index in [0.717, 1.165) is 27.2 Å². The summed E-state index contributed by atoms with van der Waals surface area (Å²) in [7, 11) is 3.66. The lowest BCUT2D eigenvalue weighted by molar-refractivity contribution is 0.412. The molecule has 2 rings (SSSR count). The first-order valence-electron chi connectivity index (χ1n) is 4.95. The average molecular weight is 281 g/mol. The third-order valence-corrected chi connectivity index (χ3v) is 3.14. The maximum absolute atomic E-state index is 5.24. The summed E-state index contributed by atoms with van der Waals surface area (Å²) >= 11 is 3.45. The molecule has 1 aromatic heterocycles. The molecule has 16 heavy (non-hydrogen) atoms. The Morgan fingerprint density at radius 1 is 1.38 bits per heavy atom. The second-order valence-corrected chi connectivity index (χ2v) is 4.43. The molecule has 0 fully saturated rings. The smallest absolute Gasteiger partial charge is 0.132 e. The molecule has 0 unspecified atom stereocenters. The van der Waals surface area contributed by atoms with E-state index in [0.29, 0.717) is 0 Å². The average Bonchev–Trinajstić information content (AvgIpc) is 2.58. The van der Waals surface area contributed by atoms with Crippen LogP contribution >= 0.6 is 15.9 Å². The van der Waals surface area contributed by atoms with E-state index in [1.807, 2.05) is 30.7 Å². The molecule has 0 saturated heterocycles. The van der Waals surface area contributed by atoms with E-state index in [2.05, 4.69) is 27.0 Å². The van der Waals surface area contributed by atoms with E-state index in [4.69, 9.17) is 4.74 Å². The van der Waals surface area contributed by atoms with Crippen LogP contribution in [-0.4, -0.2) is 16.7 Å². The molecule has 0 aliphatic rings. The Morgan fingerprint density at radius 2 is 2.12 bits per heavy atom. The summed E-state index contributed by atoms with van der Waals surface area (Å²) in [6.45, 7) is 2.03. The first kappa shape index (κ1) is 11.2. The van der Waals surface area contributed by atoms with E-state index in [9.17, 15) is 0 Å². The Balaban J connectivity index is 2.53. The Bertz CT molecular complexity index is 500. The molecule has 0 aliphatic carbocycles. The van der Waals surface area contributed by atoms with Crippen molar-refractivity contribution in [1.82, 2.24) is 9.55 Å². The van der Waals surface area contributed by atoms with Crippen LogP contribution in [0.5, 0.6) is 5.75 Å². The Kier molecular flexibility index (Phi) is 3.01. The third kappa shape index (κ3) is 1.85. The van der Waals surface area contributed by atoms with Crippen molar-refractivity contribution in [3.63, 3.8) is 0 Å². The zero-order valence-electron chi connectivity index (χ0n) is 9.49. The fraction of sp³-hybridized carbons (Fsp3) is 0.250. The van der Waals surface area contributed by atoms with Crippen molar-refractivity contribution in [2.45, 2.75) is 6.92 Å². The second-order valence-electron chi connectivity index (χ2n) is 3.68. The maximum atomic E-state index is 5.24. The highest BCUT2D eigenvalue weighted by Crippen LogP contribution is 2.30. The van der Waals surface area contributed by atoms with Crippen LogP contribution < -0.4 is 4.74 Å². The van der Waals surface area contributed by atoms with E-state index >= 15 is 0 Å². The predicted octanol–water partition coefficient (Wildman–Crippen LogP) is 3.17. The van der Waals surface area contributed by atoms with Gasteiger partial charge in [-0.2, -0.15) is 0 Å². The number of ether oxygens (including phenoxy) is 1. The lowest BCUT2D eigenvalue weighted by Gasteiger charge is -2.08. The summed E-state index contributed by atoms with van der Waals surface area (Å²) in [5.74, 6) is 0.905. The molecular weight excluding hydrogens is 268 g/mol. The molecule has 3 nitrogen and oxygen atoms in total. The van der Waals surface area contributed by atoms with Crippen LogP contribution in [0.3, 0.4) is 0 Å². The van der Waals surface area contributed by atoms with Gasteiger partial charge in [0.15, 0.2) is 0 Å². The standard InChI is InChI=1S/C12H13BrN2O/c1-8-6-9(4-5-10(8)16-3)11-12(13)14-7-15(11)2/h4-7H,1-3H3. The molecule has 1 heterocycles. The number of hydrogen-bond acceptors (Lipinski definition) is 2. The van der Waals surface area contributed by atoms with Gasteiger partial charge >= 0.3 is 0 Å². The van der Waals surface area contributed by atoms with Crippen molar-refractivity contribution >= 4 is 15.9 Å². The number of halogens is 1. The van der Waals surface area contributed by atoms with Gasteiger partial charge in [0.25, 0.3) is 0 Å². The van der Waals surface area contributed by atoms with Gasteiger partial charge in [0.2, 0.25) is 0 Å². The highest BCUT2D eigenvalue weighted by atomic mass is 79.9. The Hall–Kier alpha value is -1.29. The molecule has 2 aromatic rings. The van der Waals surface area contributed by atoms with E-state index in [-0.39, 0.29) is 0 Å². The summed E-state index contributed by atoms with van der Waals surface area (Å²) in [5, 5.41) is 0. The van der Waals surface area contributed by atoms with Crippen molar-refractivity contribution in [1.29, 1.82) is 0 Å². The zero-order chi connectivity index (χ0) is 11.7. The quantitative estimate of drug-likeness (QED) is 0.845. The van der Waals surface area contributed by atoms with Crippen LogP contribution in [0.2, 0.25) is 0 Å². The van der Waals surface area contributed by atoms with Gasteiger partial charge in [0.1, 0.15) is 10.4 Å². The Morgan fingerprint density at radius 3 is 2.62 bits per heavy atom. The molecule has 1 aromatic carbocycles. The minimum absolute atomic E-state index is 0.861. The first-order chi connectivity index (χ1) is 7.63. The van der Waals surface area contributed by atoms with Crippen LogP contribution in [0.15, 0.2) is 29.1 Å². The fourth-order valence-electron chi connectivity index (χ4n) is 1.75. The van der Waals surface area contributed by atoms with Crippen LogP contribution in [0, 0.1) is 6.92 Å². The highest BCUT2D eigenvalue weighted by molar-refractivity contribution is 9.10. The fourth-order valence-corrected chi connectivity index (χ4v) is 2.35. The highest BCUT2D eigenvalue weighted by Gasteiger charge is 2.10. The van der Waals surface area contributed by atoms with Crippen molar-refractivity contribution < 1.29 is 4.74 Å². The molecule has 0 spiro atoms. The van der Waals surface area contributed by atoms with Gasteiger partial charge in [0.05, 0.1) is 19.1 Å². The summed E-state index contributed by atoms with van der Waals surface area (Å²) in [4.78, 5) is 4.21. The van der Waals surface area contributed by atoms with Crippen molar-refractivity contribution in [2.24, 2.45) is 7.05 Å². The SMILES string of the molecule is COc1ccc(-c2c(Br)ncn2C)cc1C. The molecule has 0 N–H and O–H groups in total. The van der Waals surface area contributed by atoms with Crippen LogP contribution in [0.25, 0.3) is 11.3 Å². The molecule has 0 saturated carbocycles. The van der Waals surface area contributed by atoms with Crippen molar-refractivity contribution in [3.8, 4) is 17.0 Å². The first-order valence-corrected chi connectivity index (χ1v) is 5.74. The van der Waals surface area contributed by atoms with Crippen LogP contribution in [0.4, 0.5) is 0 Å². The zero-order valence-corrected chi connectivity index (χ0v) is 11.1. The number of rotatable bonds is 2. The molecular formula is C12H13BrN2O. The minimum atomic E-state index is 0.861. The van der Waals surface area contributed by atoms with Gasteiger partial charge < -0.3 is 9.30 Å². The van der Waals surface area contributed by atoms with Crippen molar-refractivity contribution in [2.75, 3.05) is 7.11 Å². The van der Waals surface area contributed by atoms with Gasteiger partial charge in [-0.15, -0.1) is 0 Å². The van der Waals surface area contributed by atoms with Gasteiger partial charge in [0, 0.05) is 12.6 Å². The number of aryl methyl sites for hydroxylation is 2. The molecule has 84 valence electrons. The molecule has 0 atom stereocenters. The number of nitrogens with zero attached hydrogens (tertiary/aromatic N) is 2. The minimum Gasteiger partial charge on any atom is -0.496 e. The summed E-state index contributed by atoms with van der Waals surface area (Å²) in [6.07, 6.45) is 1.79. The normalized spacial score (nSPS) is 10.5. The number of aromatic nitrogens is 2. The lowest BCUT2D eigenvalue weighted by Crippen LogP contribution is -1.92. The summed E-state index contributed by atoms with van der Waals surface area (Å²) in [5.41, 5.74) is 3.32. The molecule has 0 bridgehead atoms. The largest absolute Gasteiger partial charge is 0.496 e. The maximum Gasteiger partial charge on any atom is 0.132 e.